The number of hydrogen-bond acceptors (Lipinski definition) is 4. The van der Waals surface area contributed by atoms with Crippen molar-refractivity contribution in [1.82, 2.24) is 15.2 Å². The predicted octanol–water partition coefficient (Wildman–Crippen LogP) is 4.47. The van der Waals surface area contributed by atoms with Gasteiger partial charge >= 0.3 is 0 Å². The molecule has 1 atom stereocenters. The molecule has 0 saturated heterocycles. The second-order valence-electron chi connectivity index (χ2n) is 6.94. The van der Waals surface area contributed by atoms with Gasteiger partial charge in [-0.1, -0.05) is 67.1 Å². The van der Waals surface area contributed by atoms with Gasteiger partial charge in [-0.25, -0.2) is 4.98 Å². The first kappa shape index (κ1) is 20.2. The minimum absolute atomic E-state index is 0.0320. The maximum Gasteiger partial charge on any atom is 0.241 e. The van der Waals surface area contributed by atoms with Crippen LogP contribution in [-0.2, 0) is 11.2 Å². The molecule has 0 spiro atoms. The van der Waals surface area contributed by atoms with Gasteiger partial charge in [0.05, 0.1) is 5.69 Å². The Morgan fingerprint density at radius 3 is 2.54 bits per heavy atom. The van der Waals surface area contributed by atoms with E-state index in [0.29, 0.717) is 6.54 Å². The molecule has 0 bridgehead atoms. The van der Waals surface area contributed by atoms with Crippen LogP contribution in [0.25, 0.3) is 10.6 Å². The van der Waals surface area contributed by atoms with Crippen LogP contribution in [0.2, 0.25) is 0 Å². The Labute approximate surface area is 171 Å². The number of nitrogens with zero attached hydrogens (tertiary/aromatic N) is 2. The highest BCUT2D eigenvalue weighted by Gasteiger charge is 2.23. The number of benzene rings is 2. The summed E-state index contributed by atoms with van der Waals surface area (Å²) in [5, 5.41) is 6.19. The zero-order valence-electron chi connectivity index (χ0n) is 16.7. The molecule has 1 heterocycles. The Balaban J connectivity index is 1.59. The van der Waals surface area contributed by atoms with Crippen LogP contribution < -0.4 is 5.32 Å². The Morgan fingerprint density at radius 1 is 1.14 bits per heavy atom. The summed E-state index contributed by atoms with van der Waals surface area (Å²) in [7, 11) is 1.98. The van der Waals surface area contributed by atoms with Crippen LogP contribution in [0.5, 0.6) is 0 Å². The number of carbonyl (C=O) groups is 1. The van der Waals surface area contributed by atoms with Crippen LogP contribution in [0.3, 0.4) is 0 Å². The molecular formula is C23H27N3OS. The molecule has 5 heteroatoms. The SMILES string of the molecule is CCN(C)C(C(=O)NCCc1csc(-c2ccc(C)cc2)n1)c1ccccc1. The first-order valence-electron chi connectivity index (χ1n) is 9.63. The van der Waals surface area contributed by atoms with E-state index in [9.17, 15) is 4.79 Å². The molecule has 3 rings (SSSR count). The fourth-order valence-corrected chi connectivity index (χ4v) is 3.95. The third-order valence-corrected chi connectivity index (χ3v) is 5.77. The van der Waals surface area contributed by atoms with Crippen molar-refractivity contribution in [2.24, 2.45) is 0 Å². The molecule has 0 fully saturated rings. The van der Waals surface area contributed by atoms with Gasteiger partial charge in [0.1, 0.15) is 11.0 Å². The lowest BCUT2D eigenvalue weighted by molar-refractivity contribution is -0.126. The van der Waals surface area contributed by atoms with Crippen LogP contribution in [0.15, 0.2) is 60.0 Å². The molecule has 0 radical (unpaired) electrons. The number of hydrogen-bond donors (Lipinski definition) is 1. The van der Waals surface area contributed by atoms with Crippen molar-refractivity contribution in [3.8, 4) is 10.6 Å². The lowest BCUT2D eigenvalue weighted by Crippen LogP contribution is -2.39. The fourth-order valence-electron chi connectivity index (χ4n) is 3.08. The zero-order valence-corrected chi connectivity index (χ0v) is 17.5. The number of nitrogens with one attached hydrogen (secondary N) is 1. The summed E-state index contributed by atoms with van der Waals surface area (Å²) in [6, 6.07) is 18.1. The molecule has 0 saturated carbocycles. The third-order valence-electron chi connectivity index (χ3n) is 4.83. The smallest absolute Gasteiger partial charge is 0.241 e. The molecule has 2 aromatic carbocycles. The summed E-state index contributed by atoms with van der Waals surface area (Å²) < 4.78 is 0. The number of aromatic nitrogens is 1. The molecule has 0 aliphatic rings. The number of carbonyl (C=O) groups excluding carboxylic acids is 1. The van der Waals surface area contributed by atoms with E-state index in [1.807, 2.05) is 37.4 Å². The van der Waals surface area contributed by atoms with Crippen molar-refractivity contribution < 1.29 is 4.79 Å². The van der Waals surface area contributed by atoms with Gasteiger partial charge in [-0.2, -0.15) is 0 Å². The molecule has 1 unspecified atom stereocenters. The van der Waals surface area contributed by atoms with Gasteiger partial charge < -0.3 is 5.32 Å². The maximum absolute atomic E-state index is 12.8. The molecule has 0 aliphatic carbocycles. The Hall–Kier alpha value is -2.50. The van der Waals surface area contributed by atoms with Crippen LogP contribution in [0.4, 0.5) is 0 Å². The average Bonchev–Trinajstić information content (AvgIpc) is 3.18. The van der Waals surface area contributed by atoms with Crippen molar-refractivity contribution in [2.45, 2.75) is 26.3 Å². The zero-order chi connectivity index (χ0) is 19.9. The highest BCUT2D eigenvalue weighted by atomic mass is 32.1. The van der Waals surface area contributed by atoms with Crippen molar-refractivity contribution >= 4 is 17.2 Å². The summed E-state index contributed by atoms with van der Waals surface area (Å²) in [5.74, 6) is 0.0320. The monoisotopic (exact) mass is 393 g/mol. The highest BCUT2D eigenvalue weighted by Crippen LogP contribution is 2.24. The molecule has 1 N–H and O–H groups in total. The van der Waals surface area contributed by atoms with E-state index >= 15 is 0 Å². The number of rotatable bonds is 8. The van der Waals surface area contributed by atoms with E-state index in [1.165, 1.54) is 5.56 Å². The van der Waals surface area contributed by atoms with Crippen LogP contribution in [0, 0.1) is 6.92 Å². The van der Waals surface area contributed by atoms with Crippen LogP contribution in [-0.4, -0.2) is 35.9 Å². The van der Waals surface area contributed by atoms with Crippen molar-refractivity contribution in [3.63, 3.8) is 0 Å². The number of likely N-dealkylation sites (N-methyl/N-ethyl adjacent to an activating group) is 1. The van der Waals surface area contributed by atoms with Crippen molar-refractivity contribution in [2.75, 3.05) is 20.1 Å². The minimum atomic E-state index is -0.273. The normalized spacial score (nSPS) is 12.1. The number of aryl methyl sites for hydroxylation is 1. The van der Waals surface area contributed by atoms with Crippen LogP contribution in [0.1, 0.15) is 29.8 Å². The van der Waals surface area contributed by atoms with Gasteiger partial charge in [0.2, 0.25) is 5.91 Å². The van der Waals surface area contributed by atoms with Gasteiger partial charge in [-0.15, -0.1) is 11.3 Å². The lowest BCUT2D eigenvalue weighted by atomic mass is 10.0. The van der Waals surface area contributed by atoms with E-state index in [4.69, 9.17) is 4.98 Å². The maximum atomic E-state index is 12.8. The minimum Gasteiger partial charge on any atom is -0.354 e. The Kier molecular flexibility index (Phi) is 6.95. The third kappa shape index (κ3) is 5.06. The second kappa shape index (κ2) is 9.62. The number of amides is 1. The van der Waals surface area contributed by atoms with Gasteiger partial charge in [0, 0.05) is 23.9 Å². The fraction of sp³-hybridized carbons (Fsp3) is 0.304. The van der Waals surface area contributed by atoms with E-state index in [2.05, 4.69) is 53.7 Å². The van der Waals surface area contributed by atoms with E-state index < -0.39 is 0 Å². The summed E-state index contributed by atoms with van der Waals surface area (Å²) in [5.41, 5.74) is 4.41. The molecule has 4 nitrogen and oxygen atoms in total. The lowest BCUT2D eigenvalue weighted by Gasteiger charge is -2.26. The summed E-state index contributed by atoms with van der Waals surface area (Å²) in [4.78, 5) is 19.6. The standard InChI is InChI=1S/C23H27N3OS/c1-4-26(3)21(18-8-6-5-7-9-18)22(27)24-15-14-20-16-28-23(25-20)19-12-10-17(2)11-13-19/h5-13,16,21H,4,14-15H2,1-3H3,(H,24,27). The van der Waals surface area contributed by atoms with E-state index in [1.54, 1.807) is 11.3 Å². The van der Waals surface area contributed by atoms with Gasteiger partial charge in [-0.05, 0) is 26.1 Å². The molecule has 1 amide bonds. The Morgan fingerprint density at radius 2 is 1.86 bits per heavy atom. The van der Waals surface area contributed by atoms with Crippen molar-refractivity contribution in [3.05, 3.63) is 76.8 Å². The number of thiazole rings is 1. The largest absolute Gasteiger partial charge is 0.354 e. The average molecular weight is 394 g/mol. The molecular weight excluding hydrogens is 366 g/mol. The van der Waals surface area contributed by atoms with E-state index in [-0.39, 0.29) is 11.9 Å². The first-order valence-corrected chi connectivity index (χ1v) is 10.5. The quantitative estimate of drug-likeness (QED) is 0.614. The summed E-state index contributed by atoms with van der Waals surface area (Å²) >= 11 is 1.65. The first-order chi connectivity index (χ1) is 13.6. The topological polar surface area (TPSA) is 45.2 Å². The Bertz CT molecular complexity index is 890. The van der Waals surface area contributed by atoms with Crippen LogP contribution >= 0.6 is 11.3 Å². The second-order valence-corrected chi connectivity index (χ2v) is 7.80. The van der Waals surface area contributed by atoms with Gasteiger partial charge in [0.15, 0.2) is 0 Å². The molecule has 3 aromatic rings. The summed E-state index contributed by atoms with van der Waals surface area (Å²) in [6.45, 7) is 5.53. The molecule has 146 valence electrons. The summed E-state index contributed by atoms with van der Waals surface area (Å²) in [6.07, 6.45) is 0.728. The van der Waals surface area contributed by atoms with Crippen molar-refractivity contribution in [1.29, 1.82) is 0 Å². The predicted molar refractivity (Wildman–Crippen MR) is 116 cm³/mol. The molecule has 0 aliphatic heterocycles. The highest BCUT2D eigenvalue weighted by molar-refractivity contribution is 7.13. The molecule has 1 aromatic heterocycles. The van der Waals surface area contributed by atoms with Gasteiger partial charge in [-0.3, -0.25) is 9.69 Å². The molecule has 28 heavy (non-hydrogen) atoms. The van der Waals surface area contributed by atoms with E-state index in [0.717, 1.165) is 34.8 Å². The van der Waals surface area contributed by atoms with Gasteiger partial charge in [0.25, 0.3) is 0 Å².